The fourth-order valence-corrected chi connectivity index (χ4v) is 4.49. The average molecular weight is 504 g/mol. The van der Waals surface area contributed by atoms with E-state index in [1.165, 1.54) is 0 Å². The van der Waals surface area contributed by atoms with Crippen LogP contribution in [0.3, 0.4) is 0 Å². The van der Waals surface area contributed by atoms with Crippen LogP contribution in [0.15, 0.2) is 34.7 Å². The van der Waals surface area contributed by atoms with Crippen LogP contribution in [0.1, 0.15) is 28.5 Å². The lowest BCUT2D eigenvalue weighted by atomic mass is 10.0. The highest BCUT2D eigenvalue weighted by Gasteiger charge is 2.41. The van der Waals surface area contributed by atoms with Crippen LogP contribution in [0.2, 0.25) is 0 Å². The first-order valence-electron chi connectivity index (χ1n) is 11.9. The molecule has 2 fully saturated rings. The number of halogens is 3. The van der Waals surface area contributed by atoms with Crippen LogP contribution < -0.4 is 9.80 Å². The molecular formula is C25H28F3N5O3. The van der Waals surface area contributed by atoms with Gasteiger partial charge in [0.1, 0.15) is 0 Å². The summed E-state index contributed by atoms with van der Waals surface area (Å²) in [6.45, 7) is 7.85. The van der Waals surface area contributed by atoms with Gasteiger partial charge in [0.2, 0.25) is 5.65 Å². The van der Waals surface area contributed by atoms with Gasteiger partial charge in [0, 0.05) is 56.2 Å². The van der Waals surface area contributed by atoms with Crippen LogP contribution in [-0.2, 0) is 4.74 Å². The molecule has 3 aromatic rings. The van der Waals surface area contributed by atoms with E-state index in [9.17, 15) is 18.0 Å². The van der Waals surface area contributed by atoms with Crippen molar-refractivity contribution >= 4 is 28.8 Å². The summed E-state index contributed by atoms with van der Waals surface area (Å²) in [7, 11) is 0. The zero-order valence-corrected chi connectivity index (χ0v) is 20.4. The fraction of sp³-hybridized carbons (Fsp3) is 0.480. The van der Waals surface area contributed by atoms with Crippen molar-refractivity contribution in [3.05, 3.63) is 47.2 Å². The van der Waals surface area contributed by atoms with E-state index in [0.29, 0.717) is 62.1 Å². The Morgan fingerprint density at radius 1 is 1.06 bits per heavy atom. The van der Waals surface area contributed by atoms with Crippen molar-refractivity contribution in [1.82, 2.24) is 14.9 Å². The molecule has 1 amide bonds. The van der Waals surface area contributed by atoms with Gasteiger partial charge >= 0.3 is 6.18 Å². The van der Waals surface area contributed by atoms with Crippen molar-refractivity contribution in [3.63, 3.8) is 0 Å². The molecule has 2 aromatic heterocycles. The van der Waals surface area contributed by atoms with Crippen LogP contribution in [0.5, 0.6) is 0 Å². The van der Waals surface area contributed by atoms with E-state index < -0.39 is 18.4 Å². The molecule has 0 N–H and O–H groups in total. The van der Waals surface area contributed by atoms with Gasteiger partial charge in [-0.15, -0.1) is 0 Å². The zero-order chi connectivity index (χ0) is 25.6. The highest BCUT2D eigenvalue weighted by Crippen LogP contribution is 2.30. The smallest absolute Gasteiger partial charge is 0.414 e. The Kier molecular flexibility index (Phi) is 6.27. The number of benzene rings is 1. The standard InChI is InChI=1S/C25H28F3N5O3/c1-15-12-18(33-13-19(14-33)35-17(3)25(26,27)28)5-6-20(15)23(34)31-8-10-32(11-9-31)24-30-22-21(36-24)7-4-16(2)29-22/h4-7,12,17,19H,8-11,13-14H2,1-3H3. The van der Waals surface area contributed by atoms with Gasteiger partial charge in [-0.1, -0.05) is 0 Å². The van der Waals surface area contributed by atoms with Gasteiger partial charge in [0.15, 0.2) is 11.7 Å². The number of hydrogen-bond acceptors (Lipinski definition) is 7. The van der Waals surface area contributed by atoms with Crippen molar-refractivity contribution in [2.24, 2.45) is 0 Å². The quantitative estimate of drug-likeness (QED) is 0.522. The molecule has 2 saturated heterocycles. The Balaban J connectivity index is 1.17. The number of rotatable bonds is 5. The number of hydrogen-bond donors (Lipinski definition) is 0. The zero-order valence-electron chi connectivity index (χ0n) is 20.4. The number of nitrogens with zero attached hydrogens (tertiary/aromatic N) is 5. The fourth-order valence-electron chi connectivity index (χ4n) is 4.49. The maximum absolute atomic E-state index is 13.2. The number of anilines is 2. The molecule has 0 aliphatic carbocycles. The van der Waals surface area contributed by atoms with E-state index in [1.54, 1.807) is 6.07 Å². The maximum Gasteiger partial charge on any atom is 0.414 e. The molecule has 1 unspecified atom stereocenters. The van der Waals surface area contributed by atoms with Crippen LogP contribution in [0.25, 0.3) is 11.2 Å². The van der Waals surface area contributed by atoms with Crippen molar-refractivity contribution in [1.29, 1.82) is 0 Å². The van der Waals surface area contributed by atoms with E-state index in [0.717, 1.165) is 23.9 Å². The molecule has 8 nitrogen and oxygen atoms in total. The van der Waals surface area contributed by atoms with Gasteiger partial charge < -0.3 is 23.9 Å². The first-order valence-corrected chi connectivity index (χ1v) is 11.9. The predicted octanol–water partition coefficient (Wildman–Crippen LogP) is 3.96. The monoisotopic (exact) mass is 503 g/mol. The second-order valence-corrected chi connectivity index (χ2v) is 9.40. The Labute approximate surface area is 206 Å². The summed E-state index contributed by atoms with van der Waals surface area (Å²) in [6.07, 6.45) is -6.60. The first kappa shape index (κ1) is 24.4. The molecule has 0 spiro atoms. The van der Waals surface area contributed by atoms with Crippen molar-refractivity contribution in [2.45, 2.75) is 39.2 Å². The number of carbonyl (C=O) groups is 1. The number of carbonyl (C=O) groups excluding carboxylic acids is 1. The summed E-state index contributed by atoms with van der Waals surface area (Å²) in [5.74, 6) is -0.0441. The number of amides is 1. The molecule has 4 heterocycles. The molecule has 1 aromatic carbocycles. The van der Waals surface area contributed by atoms with Crippen LogP contribution in [-0.4, -0.2) is 78.4 Å². The van der Waals surface area contributed by atoms with E-state index in [1.807, 2.05) is 52.8 Å². The number of alkyl halides is 3. The lowest BCUT2D eigenvalue weighted by molar-refractivity contribution is -0.228. The van der Waals surface area contributed by atoms with Gasteiger partial charge in [-0.05, 0) is 56.7 Å². The molecule has 2 aliphatic rings. The van der Waals surface area contributed by atoms with Gasteiger partial charge in [0.25, 0.3) is 11.9 Å². The molecule has 0 radical (unpaired) electrons. The summed E-state index contributed by atoms with van der Waals surface area (Å²) in [6, 6.07) is 9.78. The van der Waals surface area contributed by atoms with Crippen molar-refractivity contribution < 1.29 is 27.1 Å². The molecule has 0 bridgehead atoms. The summed E-state index contributed by atoms with van der Waals surface area (Å²) < 4.78 is 49.0. The molecule has 5 rings (SSSR count). The van der Waals surface area contributed by atoms with Gasteiger partial charge in [-0.3, -0.25) is 4.79 Å². The number of aryl methyl sites for hydroxylation is 2. The minimum atomic E-state index is -4.36. The van der Waals surface area contributed by atoms with Crippen molar-refractivity contribution in [3.8, 4) is 0 Å². The highest BCUT2D eigenvalue weighted by atomic mass is 19.4. The topological polar surface area (TPSA) is 74.9 Å². The highest BCUT2D eigenvalue weighted by molar-refractivity contribution is 5.96. The van der Waals surface area contributed by atoms with Crippen LogP contribution in [0, 0.1) is 13.8 Å². The maximum atomic E-state index is 13.2. The van der Waals surface area contributed by atoms with Crippen LogP contribution >= 0.6 is 0 Å². The molecular weight excluding hydrogens is 475 g/mol. The summed E-state index contributed by atoms with van der Waals surface area (Å²) in [4.78, 5) is 27.8. The third-order valence-corrected chi connectivity index (χ3v) is 6.73. The second kappa shape index (κ2) is 9.27. The van der Waals surface area contributed by atoms with Crippen LogP contribution in [0.4, 0.5) is 24.9 Å². The SMILES string of the molecule is Cc1ccc2oc(N3CCN(C(=O)c4ccc(N5CC(OC(C)C(F)(F)F)C5)cc4C)CC3)nc2n1. The number of fused-ring (bicyclic) bond motifs is 1. The van der Waals surface area contributed by atoms with E-state index in [2.05, 4.69) is 9.97 Å². The summed E-state index contributed by atoms with van der Waals surface area (Å²) >= 11 is 0. The Morgan fingerprint density at radius 3 is 2.44 bits per heavy atom. The minimum absolute atomic E-state index is 0.0441. The molecule has 2 aliphatic heterocycles. The van der Waals surface area contributed by atoms with E-state index >= 15 is 0 Å². The largest absolute Gasteiger partial charge is 0.422 e. The average Bonchev–Trinajstić information content (AvgIpc) is 3.23. The number of oxazole rings is 1. The van der Waals surface area contributed by atoms with E-state index in [4.69, 9.17) is 9.15 Å². The van der Waals surface area contributed by atoms with Gasteiger partial charge in [-0.2, -0.15) is 18.2 Å². The first-order chi connectivity index (χ1) is 17.1. The molecule has 36 heavy (non-hydrogen) atoms. The third-order valence-electron chi connectivity index (χ3n) is 6.73. The van der Waals surface area contributed by atoms with E-state index in [-0.39, 0.29) is 5.91 Å². The summed E-state index contributed by atoms with van der Waals surface area (Å²) in [5, 5.41) is 0. The number of aromatic nitrogens is 2. The molecule has 11 heteroatoms. The number of pyridine rings is 1. The molecule has 0 saturated carbocycles. The Bertz CT molecular complexity index is 1260. The lowest BCUT2D eigenvalue weighted by Gasteiger charge is -2.42. The predicted molar refractivity (Wildman–Crippen MR) is 128 cm³/mol. The molecule has 1 atom stereocenters. The third kappa shape index (κ3) is 4.84. The van der Waals surface area contributed by atoms with Gasteiger partial charge in [-0.25, -0.2) is 4.98 Å². The number of piperazine rings is 1. The lowest BCUT2D eigenvalue weighted by Crippen LogP contribution is -2.54. The molecule has 192 valence electrons. The summed E-state index contributed by atoms with van der Waals surface area (Å²) in [5.41, 5.74) is 4.40. The Morgan fingerprint density at radius 2 is 1.78 bits per heavy atom. The minimum Gasteiger partial charge on any atom is -0.422 e. The Hall–Kier alpha value is -3.34. The normalized spacial score (nSPS) is 18.0. The van der Waals surface area contributed by atoms with Gasteiger partial charge in [0.05, 0.1) is 6.10 Å². The second-order valence-electron chi connectivity index (χ2n) is 9.40. The number of ether oxygens (including phenoxy) is 1. The van der Waals surface area contributed by atoms with Crippen molar-refractivity contribution in [2.75, 3.05) is 49.1 Å².